The van der Waals surface area contributed by atoms with Gasteiger partial charge in [0.1, 0.15) is 0 Å². The van der Waals surface area contributed by atoms with Crippen LogP contribution in [0, 0.1) is 0 Å². The summed E-state index contributed by atoms with van der Waals surface area (Å²) in [7, 11) is -6.95. The fourth-order valence-electron chi connectivity index (χ4n) is 3.93. The Morgan fingerprint density at radius 3 is 2.16 bits per heavy atom. The second-order valence-electron chi connectivity index (χ2n) is 7.73. The van der Waals surface area contributed by atoms with Gasteiger partial charge in [0.05, 0.1) is 16.7 Å². The van der Waals surface area contributed by atoms with Crippen LogP contribution in [0.5, 0.6) is 0 Å². The van der Waals surface area contributed by atoms with Crippen molar-refractivity contribution in [3.8, 4) is 0 Å². The summed E-state index contributed by atoms with van der Waals surface area (Å²) in [4.78, 5) is 14.9. The van der Waals surface area contributed by atoms with Crippen molar-refractivity contribution in [1.82, 2.24) is 4.31 Å². The minimum Gasteiger partial charge on any atom is -0.300 e. The fourth-order valence-corrected chi connectivity index (χ4v) is 6.72. The van der Waals surface area contributed by atoms with Gasteiger partial charge < -0.3 is 4.90 Å². The highest BCUT2D eigenvalue weighted by molar-refractivity contribution is 7.94. The van der Waals surface area contributed by atoms with Crippen molar-refractivity contribution in [2.24, 2.45) is 0 Å². The first-order valence-corrected chi connectivity index (χ1v) is 13.3. The summed E-state index contributed by atoms with van der Waals surface area (Å²) in [5.74, 6) is -0.574. The molecular formula is C22H24N2O5S2. The van der Waals surface area contributed by atoms with Crippen molar-refractivity contribution in [2.75, 3.05) is 23.7 Å². The molecule has 0 aliphatic carbocycles. The van der Waals surface area contributed by atoms with Crippen LogP contribution in [0.1, 0.15) is 29.6 Å². The van der Waals surface area contributed by atoms with E-state index in [2.05, 4.69) is 0 Å². The molecule has 0 spiro atoms. The minimum absolute atomic E-state index is 0.153. The number of para-hydroxylation sites is 1. The first-order chi connectivity index (χ1) is 14.8. The van der Waals surface area contributed by atoms with Gasteiger partial charge in [0.15, 0.2) is 9.84 Å². The summed E-state index contributed by atoms with van der Waals surface area (Å²) in [5, 5.41) is 1.13. The van der Waals surface area contributed by atoms with Crippen molar-refractivity contribution in [2.45, 2.75) is 30.2 Å². The summed E-state index contributed by atoms with van der Waals surface area (Å²) in [6, 6.07) is 14.1. The van der Waals surface area contributed by atoms with E-state index in [1.165, 1.54) is 39.5 Å². The number of rotatable bonds is 5. The molecule has 7 nitrogen and oxygen atoms in total. The largest absolute Gasteiger partial charge is 0.300 e. The molecule has 1 fully saturated rings. The van der Waals surface area contributed by atoms with Crippen molar-refractivity contribution in [3.63, 3.8) is 0 Å². The van der Waals surface area contributed by atoms with Crippen LogP contribution in [0.2, 0.25) is 0 Å². The number of piperidine rings is 1. The van der Waals surface area contributed by atoms with Crippen LogP contribution >= 0.6 is 0 Å². The Kier molecular flexibility index (Phi) is 6.00. The number of sulfone groups is 1. The second-order valence-corrected chi connectivity index (χ2v) is 11.6. The molecule has 1 atom stereocenters. The molecule has 2 aliphatic heterocycles. The van der Waals surface area contributed by atoms with Gasteiger partial charge in [-0.05, 0) is 55.3 Å². The highest BCUT2D eigenvalue weighted by Gasteiger charge is 2.32. The maximum Gasteiger partial charge on any atom is 0.258 e. The maximum atomic E-state index is 13.3. The summed E-state index contributed by atoms with van der Waals surface area (Å²) in [5.41, 5.74) is 0.864. The Balaban J connectivity index is 1.63. The van der Waals surface area contributed by atoms with Crippen LogP contribution in [0.15, 0.2) is 71.0 Å². The SMILES string of the molecule is O=C(c1ccc(S(=O)(=O)N2CCCCC2)cc1)N(c1ccccc1)C1C=CS(=O)(=O)C1. The van der Waals surface area contributed by atoms with Crippen molar-refractivity contribution in [1.29, 1.82) is 0 Å². The van der Waals surface area contributed by atoms with Gasteiger partial charge in [0.2, 0.25) is 10.0 Å². The van der Waals surface area contributed by atoms with Gasteiger partial charge in [0.25, 0.3) is 5.91 Å². The third kappa shape index (κ3) is 4.58. The Labute approximate surface area is 183 Å². The summed E-state index contributed by atoms with van der Waals surface area (Å²) >= 11 is 0. The van der Waals surface area contributed by atoms with E-state index in [0.717, 1.165) is 24.7 Å². The number of benzene rings is 2. The third-order valence-electron chi connectivity index (χ3n) is 5.55. The number of sulfonamides is 1. The van der Waals surface area contributed by atoms with E-state index < -0.39 is 25.9 Å². The first kappa shape index (κ1) is 21.7. The first-order valence-electron chi connectivity index (χ1n) is 10.2. The average molecular weight is 461 g/mol. The molecule has 31 heavy (non-hydrogen) atoms. The number of hydrogen-bond donors (Lipinski definition) is 0. The molecule has 4 rings (SSSR count). The van der Waals surface area contributed by atoms with E-state index in [1.807, 2.05) is 6.07 Å². The van der Waals surface area contributed by atoms with Gasteiger partial charge in [-0.15, -0.1) is 0 Å². The molecule has 2 aliphatic rings. The van der Waals surface area contributed by atoms with Crippen molar-refractivity contribution >= 4 is 31.5 Å². The number of anilines is 1. The van der Waals surface area contributed by atoms with Crippen molar-refractivity contribution in [3.05, 3.63) is 71.6 Å². The predicted octanol–water partition coefficient (Wildman–Crippen LogP) is 2.82. The second kappa shape index (κ2) is 8.57. The number of nitrogens with zero attached hydrogens (tertiary/aromatic N) is 2. The Bertz CT molecular complexity index is 1180. The molecule has 2 aromatic rings. The van der Waals surface area contributed by atoms with E-state index in [4.69, 9.17) is 0 Å². The molecule has 0 N–H and O–H groups in total. The zero-order valence-corrected chi connectivity index (χ0v) is 18.6. The predicted molar refractivity (Wildman–Crippen MR) is 119 cm³/mol. The molecule has 2 heterocycles. The Morgan fingerprint density at radius 1 is 0.935 bits per heavy atom. The van der Waals surface area contributed by atoms with Crippen LogP contribution in [0.25, 0.3) is 0 Å². The molecule has 9 heteroatoms. The highest BCUT2D eigenvalue weighted by Crippen LogP contribution is 2.26. The quantitative estimate of drug-likeness (QED) is 0.684. The number of carbonyl (C=O) groups is 1. The molecular weight excluding hydrogens is 436 g/mol. The maximum absolute atomic E-state index is 13.3. The van der Waals surface area contributed by atoms with Gasteiger partial charge in [0, 0.05) is 29.7 Å². The van der Waals surface area contributed by atoms with Crippen LogP contribution in [0.3, 0.4) is 0 Å². The average Bonchev–Trinajstić information content (AvgIpc) is 3.14. The van der Waals surface area contributed by atoms with E-state index >= 15 is 0 Å². The molecule has 1 unspecified atom stereocenters. The Morgan fingerprint density at radius 2 is 1.58 bits per heavy atom. The van der Waals surface area contributed by atoms with Crippen LogP contribution in [-0.2, 0) is 19.9 Å². The lowest BCUT2D eigenvalue weighted by atomic mass is 10.1. The van der Waals surface area contributed by atoms with Crippen LogP contribution in [-0.4, -0.2) is 51.9 Å². The molecule has 164 valence electrons. The third-order valence-corrected chi connectivity index (χ3v) is 8.84. The lowest BCUT2D eigenvalue weighted by molar-refractivity contribution is 0.0983. The standard InChI is InChI=1S/C22H24N2O5S2/c25-22(24(19-7-3-1-4-8-19)20-13-16-30(26,27)17-20)18-9-11-21(12-10-18)31(28,29)23-14-5-2-6-15-23/h1,3-4,7-13,16,20H,2,5-6,14-15,17H2. The van der Waals surface area contributed by atoms with Gasteiger partial charge in [-0.2, -0.15) is 4.31 Å². The molecule has 0 bridgehead atoms. The van der Waals surface area contributed by atoms with E-state index in [1.54, 1.807) is 24.3 Å². The smallest absolute Gasteiger partial charge is 0.258 e. The molecule has 0 radical (unpaired) electrons. The fraction of sp³-hybridized carbons (Fsp3) is 0.318. The van der Waals surface area contributed by atoms with Crippen LogP contribution in [0.4, 0.5) is 5.69 Å². The zero-order chi connectivity index (χ0) is 22.1. The lowest BCUT2D eigenvalue weighted by Gasteiger charge is -2.28. The van der Waals surface area contributed by atoms with Crippen molar-refractivity contribution < 1.29 is 21.6 Å². The summed E-state index contributed by atoms with van der Waals surface area (Å²) < 4.78 is 51.1. The molecule has 0 aromatic heterocycles. The van der Waals surface area contributed by atoms with Gasteiger partial charge in [-0.25, -0.2) is 16.8 Å². The van der Waals surface area contributed by atoms with Gasteiger partial charge >= 0.3 is 0 Å². The highest BCUT2D eigenvalue weighted by atomic mass is 32.2. The van der Waals surface area contributed by atoms with E-state index in [0.29, 0.717) is 24.3 Å². The molecule has 0 saturated carbocycles. The van der Waals surface area contributed by atoms with Crippen LogP contribution < -0.4 is 4.90 Å². The van der Waals surface area contributed by atoms with Gasteiger partial charge in [-0.1, -0.05) is 24.6 Å². The lowest BCUT2D eigenvalue weighted by Crippen LogP contribution is -2.41. The monoisotopic (exact) mass is 460 g/mol. The zero-order valence-electron chi connectivity index (χ0n) is 16.9. The summed E-state index contributed by atoms with van der Waals surface area (Å²) in [6.45, 7) is 1.01. The number of hydrogen-bond acceptors (Lipinski definition) is 5. The molecule has 1 saturated heterocycles. The van der Waals surface area contributed by atoms with Gasteiger partial charge in [-0.3, -0.25) is 4.79 Å². The molecule has 2 aromatic carbocycles. The number of amides is 1. The number of carbonyl (C=O) groups excluding carboxylic acids is 1. The topological polar surface area (TPSA) is 91.8 Å². The minimum atomic E-state index is -3.59. The Hall–Kier alpha value is -2.49. The molecule has 1 amide bonds. The van der Waals surface area contributed by atoms with E-state index in [9.17, 15) is 21.6 Å². The van der Waals surface area contributed by atoms with E-state index in [-0.39, 0.29) is 16.6 Å². The normalized spacial score (nSPS) is 21.1. The summed E-state index contributed by atoms with van der Waals surface area (Å²) in [6.07, 6.45) is 4.23.